The van der Waals surface area contributed by atoms with Crippen molar-refractivity contribution in [2.24, 2.45) is 0 Å². The monoisotopic (exact) mass is 664 g/mol. The number of hydrogen-bond acceptors (Lipinski definition) is 2. The molecule has 2 heteroatoms. The van der Waals surface area contributed by atoms with E-state index in [0.29, 0.717) is 0 Å². The fourth-order valence-electron chi connectivity index (χ4n) is 9.58. The minimum absolute atomic E-state index is 0.0965. The highest BCUT2D eigenvalue weighted by Gasteiger charge is 2.43. The summed E-state index contributed by atoms with van der Waals surface area (Å²) in [5, 5.41) is 7.85. The SMILES string of the molecule is c1ccc(-c2nc(-c3ccc(-c4ccc5ccc6cccc7ccc4c5c67)cc3)cc(-c3ccc4c(c3)C3(CCCCC3)c3ccccc3-4)n2)cc1. The third-order valence-electron chi connectivity index (χ3n) is 12.0. The molecule has 0 radical (unpaired) electrons. The Morgan fingerprint density at radius 3 is 1.81 bits per heavy atom. The molecule has 0 bridgehead atoms. The van der Waals surface area contributed by atoms with Gasteiger partial charge in [-0.1, -0.05) is 165 Å². The Kier molecular flexibility index (Phi) is 6.52. The molecule has 11 rings (SSSR count). The zero-order valence-electron chi connectivity index (χ0n) is 28.9. The largest absolute Gasteiger partial charge is 0.228 e. The fourth-order valence-corrected chi connectivity index (χ4v) is 9.58. The molecular formula is C50H36N2. The Hall–Kier alpha value is -6.12. The molecule has 0 saturated heterocycles. The number of aromatic nitrogens is 2. The zero-order valence-corrected chi connectivity index (χ0v) is 28.9. The van der Waals surface area contributed by atoms with E-state index in [0.717, 1.165) is 33.9 Å². The molecule has 0 unspecified atom stereocenters. The summed E-state index contributed by atoms with van der Waals surface area (Å²) in [5.41, 5.74) is 13.5. The van der Waals surface area contributed by atoms with Crippen LogP contribution in [0.3, 0.4) is 0 Å². The zero-order chi connectivity index (χ0) is 34.2. The lowest BCUT2D eigenvalue weighted by Crippen LogP contribution is -2.28. The Morgan fingerprint density at radius 2 is 1.00 bits per heavy atom. The first-order valence-electron chi connectivity index (χ1n) is 18.7. The van der Waals surface area contributed by atoms with Crippen LogP contribution < -0.4 is 0 Å². The van der Waals surface area contributed by atoms with Crippen molar-refractivity contribution < 1.29 is 0 Å². The van der Waals surface area contributed by atoms with Gasteiger partial charge in [-0.05, 0) is 90.7 Å². The molecule has 0 N–H and O–H groups in total. The van der Waals surface area contributed by atoms with E-state index < -0.39 is 0 Å². The molecule has 8 aromatic carbocycles. The van der Waals surface area contributed by atoms with Crippen molar-refractivity contribution in [2.45, 2.75) is 37.5 Å². The first-order valence-corrected chi connectivity index (χ1v) is 18.7. The van der Waals surface area contributed by atoms with Crippen molar-refractivity contribution in [1.82, 2.24) is 9.97 Å². The van der Waals surface area contributed by atoms with Crippen molar-refractivity contribution >= 4 is 32.3 Å². The van der Waals surface area contributed by atoms with E-state index in [2.05, 4.69) is 152 Å². The van der Waals surface area contributed by atoms with Crippen molar-refractivity contribution in [3.05, 3.63) is 169 Å². The van der Waals surface area contributed by atoms with Crippen LogP contribution in [0.1, 0.15) is 43.2 Å². The van der Waals surface area contributed by atoms with Crippen LogP contribution in [0.5, 0.6) is 0 Å². The van der Waals surface area contributed by atoms with Gasteiger partial charge in [-0.25, -0.2) is 9.97 Å². The molecular weight excluding hydrogens is 629 g/mol. The quantitative estimate of drug-likeness (QED) is 0.175. The molecule has 1 saturated carbocycles. The Balaban J connectivity index is 1.03. The van der Waals surface area contributed by atoms with Crippen LogP contribution in [-0.4, -0.2) is 9.97 Å². The normalized spacial score (nSPS) is 14.7. The van der Waals surface area contributed by atoms with Gasteiger partial charge in [0.1, 0.15) is 0 Å². The van der Waals surface area contributed by atoms with Crippen LogP contribution in [-0.2, 0) is 5.41 Å². The molecule has 9 aromatic rings. The average molecular weight is 665 g/mol. The summed E-state index contributed by atoms with van der Waals surface area (Å²) in [6.07, 6.45) is 6.30. The van der Waals surface area contributed by atoms with Gasteiger partial charge in [0.15, 0.2) is 5.82 Å². The minimum atomic E-state index is 0.0965. The Morgan fingerprint density at radius 1 is 0.385 bits per heavy atom. The second-order valence-corrected chi connectivity index (χ2v) is 14.8. The summed E-state index contributed by atoms with van der Waals surface area (Å²) >= 11 is 0. The summed E-state index contributed by atoms with van der Waals surface area (Å²) < 4.78 is 0. The smallest absolute Gasteiger partial charge is 0.160 e. The second-order valence-electron chi connectivity index (χ2n) is 14.8. The number of rotatable bonds is 4. The van der Waals surface area contributed by atoms with Crippen molar-refractivity contribution in [2.75, 3.05) is 0 Å². The topological polar surface area (TPSA) is 25.8 Å². The molecule has 1 spiro atoms. The second kappa shape index (κ2) is 11.4. The molecule has 2 aliphatic rings. The van der Waals surface area contributed by atoms with Gasteiger partial charge in [0, 0.05) is 22.1 Å². The molecule has 1 fully saturated rings. The first kappa shape index (κ1) is 29.6. The lowest BCUT2D eigenvalue weighted by Gasteiger charge is -2.36. The fraction of sp³-hybridized carbons (Fsp3) is 0.120. The number of fused-ring (bicyclic) bond motifs is 5. The van der Waals surface area contributed by atoms with E-state index in [-0.39, 0.29) is 5.41 Å². The molecule has 52 heavy (non-hydrogen) atoms. The van der Waals surface area contributed by atoms with Crippen LogP contribution in [0.25, 0.3) is 88.5 Å². The van der Waals surface area contributed by atoms with Gasteiger partial charge in [-0.15, -0.1) is 0 Å². The van der Waals surface area contributed by atoms with Gasteiger partial charge in [-0.2, -0.15) is 0 Å². The number of benzene rings is 8. The highest BCUT2D eigenvalue weighted by molar-refractivity contribution is 6.25. The van der Waals surface area contributed by atoms with E-state index in [1.165, 1.54) is 97.8 Å². The maximum atomic E-state index is 5.24. The molecule has 246 valence electrons. The average Bonchev–Trinajstić information content (AvgIpc) is 3.48. The van der Waals surface area contributed by atoms with E-state index in [9.17, 15) is 0 Å². The van der Waals surface area contributed by atoms with E-state index >= 15 is 0 Å². The predicted molar refractivity (Wildman–Crippen MR) is 217 cm³/mol. The minimum Gasteiger partial charge on any atom is -0.228 e. The third kappa shape index (κ3) is 4.43. The summed E-state index contributed by atoms with van der Waals surface area (Å²) in [7, 11) is 0. The van der Waals surface area contributed by atoms with Crippen LogP contribution in [0, 0.1) is 0 Å². The van der Waals surface area contributed by atoms with Gasteiger partial charge in [0.05, 0.1) is 11.4 Å². The van der Waals surface area contributed by atoms with Crippen molar-refractivity contribution in [1.29, 1.82) is 0 Å². The van der Waals surface area contributed by atoms with Gasteiger partial charge >= 0.3 is 0 Å². The number of hydrogen-bond donors (Lipinski definition) is 0. The van der Waals surface area contributed by atoms with Crippen molar-refractivity contribution in [3.8, 4) is 56.2 Å². The summed E-state index contributed by atoms with van der Waals surface area (Å²) in [4.78, 5) is 10.4. The molecule has 0 amide bonds. The third-order valence-corrected chi connectivity index (χ3v) is 12.0. The van der Waals surface area contributed by atoms with Gasteiger partial charge in [-0.3, -0.25) is 0 Å². The molecule has 2 aliphatic carbocycles. The van der Waals surface area contributed by atoms with Gasteiger partial charge in [0.25, 0.3) is 0 Å². The lowest BCUT2D eigenvalue weighted by atomic mass is 9.67. The van der Waals surface area contributed by atoms with E-state index in [1.807, 2.05) is 6.07 Å². The molecule has 0 atom stereocenters. The predicted octanol–water partition coefficient (Wildman–Crippen LogP) is 13.3. The molecule has 1 heterocycles. The summed E-state index contributed by atoms with van der Waals surface area (Å²) in [5.74, 6) is 0.750. The van der Waals surface area contributed by atoms with Crippen molar-refractivity contribution in [3.63, 3.8) is 0 Å². The Bertz CT molecular complexity index is 2790. The maximum absolute atomic E-state index is 5.24. The van der Waals surface area contributed by atoms with Gasteiger partial charge < -0.3 is 0 Å². The lowest BCUT2D eigenvalue weighted by molar-refractivity contribution is 0.353. The van der Waals surface area contributed by atoms with Gasteiger partial charge in [0.2, 0.25) is 0 Å². The van der Waals surface area contributed by atoms with Crippen LogP contribution in [0.4, 0.5) is 0 Å². The van der Waals surface area contributed by atoms with E-state index in [4.69, 9.17) is 9.97 Å². The van der Waals surface area contributed by atoms with E-state index in [1.54, 1.807) is 0 Å². The standard InChI is InChI=1S/C50H36N2/c1-3-10-37(11-4-1)49-51-45(31-46(52-49)38-24-26-41-40-14-5-6-15-43(40)50(44(41)30-38)28-7-2-8-29-50)33-18-16-32(17-19-33)39-25-22-36-21-20-34-12-9-13-35-23-27-42(39)48(36)47(34)35/h1,3-6,9-27,30-31H,2,7-8,28-29H2. The summed E-state index contributed by atoms with van der Waals surface area (Å²) in [6.45, 7) is 0. The molecule has 2 nitrogen and oxygen atoms in total. The summed E-state index contributed by atoms with van der Waals surface area (Å²) in [6, 6.07) is 57.9. The number of nitrogens with zero attached hydrogens (tertiary/aromatic N) is 2. The van der Waals surface area contributed by atoms with Crippen LogP contribution in [0.15, 0.2) is 158 Å². The highest BCUT2D eigenvalue weighted by atomic mass is 14.9. The van der Waals surface area contributed by atoms with Crippen LogP contribution in [0.2, 0.25) is 0 Å². The molecule has 0 aliphatic heterocycles. The molecule has 1 aromatic heterocycles. The highest BCUT2D eigenvalue weighted by Crippen LogP contribution is 2.56. The Labute approximate surface area is 303 Å². The maximum Gasteiger partial charge on any atom is 0.160 e. The first-order chi connectivity index (χ1) is 25.7. The van der Waals surface area contributed by atoms with Crippen LogP contribution >= 0.6 is 0 Å².